The van der Waals surface area contributed by atoms with Crippen LogP contribution >= 0.6 is 0 Å². The van der Waals surface area contributed by atoms with Crippen molar-refractivity contribution < 1.29 is 86.9 Å². The van der Waals surface area contributed by atoms with Crippen LogP contribution in [-0.4, -0.2) is 137 Å². The predicted octanol–water partition coefficient (Wildman–Crippen LogP) is 8.47. The first-order valence-electron chi connectivity index (χ1n) is 26.9. The number of aliphatic carboxylic acids is 3. The number of unbranched alkanes of at least 4 members (excludes halogenated alkanes) is 12. The lowest BCUT2D eigenvalue weighted by Crippen LogP contribution is -2.42. The first kappa shape index (κ1) is 74.3. The standard InChI is InChI=1S/C22H40N2O7.C18H32N2O7.C13H25NO4/c1-6-29-19(26)15-14-17(20(27)30-7-2)24-18(25)13-11-9-8-10-12-16-23-21(28)31-22(3,4)5;1-18(2,3)27-17(26)19-12-8-6-4-5-7-9-14(21)20-13(16(24)25)10-11-15(22)23;1-13(2,3)18-12(17)14-10-8-6-4-5-7-9-11(15)16/h17H,6-16H2,1-5H3,(H,23,28)(H,24,25);13H,4-12H2,1-3H3,(H,19,26)(H,20,21)(H,22,23)(H,24,25);4-10H2,1-3H3,(H,14,17)(H,15,16). The fourth-order valence-electron chi connectivity index (χ4n) is 6.37. The molecule has 0 aromatic carbocycles. The molecule has 0 fully saturated rings. The largest absolute Gasteiger partial charge is 0.481 e. The van der Waals surface area contributed by atoms with Gasteiger partial charge in [0.2, 0.25) is 11.8 Å². The molecule has 0 aliphatic rings. The summed E-state index contributed by atoms with van der Waals surface area (Å²) in [6.45, 7) is 21.9. The fourth-order valence-corrected chi connectivity index (χ4v) is 6.37. The summed E-state index contributed by atoms with van der Waals surface area (Å²) in [7, 11) is 0. The summed E-state index contributed by atoms with van der Waals surface area (Å²) in [6, 6.07) is -2.02. The highest BCUT2D eigenvalue weighted by Gasteiger charge is 2.24. The highest BCUT2D eigenvalue weighted by Crippen LogP contribution is 2.12. The first-order chi connectivity index (χ1) is 35.4. The van der Waals surface area contributed by atoms with Crippen LogP contribution in [-0.2, 0) is 57.2 Å². The van der Waals surface area contributed by atoms with Gasteiger partial charge in [-0.25, -0.2) is 24.0 Å². The number of carboxylic acid groups (broad SMARTS) is 3. The Morgan fingerprint density at radius 1 is 0.395 bits per heavy atom. The third-order valence-electron chi connectivity index (χ3n) is 9.86. The van der Waals surface area contributed by atoms with Crippen molar-refractivity contribution in [1.82, 2.24) is 26.6 Å². The van der Waals surface area contributed by atoms with E-state index in [0.717, 1.165) is 83.5 Å². The SMILES string of the molecule is CC(C)(C)OC(=O)NCCCCCCCC(=O)NC(CCC(=O)O)C(=O)O.CC(C)(C)OC(=O)NCCCCCCCC(=O)O.CCOC(=O)CCC(NC(=O)CCCCCCCNC(=O)OC(C)(C)C)C(=O)OCC. The molecule has 23 heteroatoms. The van der Waals surface area contributed by atoms with Crippen LogP contribution in [0.25, 0.3) is 0 Å². The van der Waals surface area contributed by atoms with Gasteiger partial charge in [-0.05, 0) is 128 Å². The number of hydrogen-bond acceptors (Lipinski definition) is 15. The zero-order chi connectivity index (χ0) is 58.6. The number of nitrogens with one attached hydrogen (secondary N) is 5. The summed E-state index contributed by atoms with van der Waals surface area (Å²) in [5.41, 5.74) is -1.48. The molecule has 0 aromatic heterocycles. The van der Waals surface area contributed by atoms with Gasteiger partial charge < -0.3 is 65.6 Å². The van der Waals surface area contributed by atoms with Crippen LogP contribution in [0.2, 0.25) is 0 Å². The van der Waals surface area contributed by atoms with E-state index >= 15 is 0 Å². The maximum absolute atomic E-state index is 12.2. The average Bonchev–Trinajstić information content (AvgIpc) is 3.27. The Morgan fingerprint density at radius 2 is 0.711 bits per heavy atom. The smallest absolute Gasteiger partial charge is 0.407 e. The van der Waals surface area contributed by atoms with Crippen LogP contribution in [0.15, 0.2) is 0 Å². The van der Waals surface area contributed by atoms with Crippen LogP contribution < -0.4 is 26.6 Å². The highest BCUT2D eigenvalue weighted by atomic mass is 16.6. The lowest BCUT2D eigenvalue weighted by Gasteiger charge is -2.19. The van der Waals surface area contributed by atoms with E-state index in [1.807, 2.05) is 41.5 Å². The fraction of sp³-hybridized carbons (Fsp3) is 0.811. The molecule has 76 heavy (non-hydrogen) atoms. The lowest BCUT2D eigenvalue weighted by molar-refractivity contribution is -0.149. The molecule has 2 atom stereocenters. The monoisotopic (exact) mass is 1090 g/mol. The van der Waals surface area contributed by atoms with Crippen LogP contribution in [0.1, 0.15) is 217 Å². The molecule has 0 bridgehead atoms. The van der Waals surface area contributed by atoms with Crippen molar-refractivity contribution in [3.05, 3.63) is 0 Å². The second kappa shape index (κ2) is 44.2. The molecular weight excluding hydrogens is 995 g/mol. The van der Waals surface area contributed by atoms with Crippen LogP contribution in [0, 0.1) is 0 Å². The Morgan fingerprint density at radius 3 is 1.04 bits per heavy atom. The van der Waals surface area contributed by atoms with Crippen molar-refractivity contribution in [2.75, 3.05) is 32.8 Å². The average molecular weight is 1090 g/mol. The summed E-state index contributed by atoms with van der Waals surface area (Å²) < 4.78 is 25.2. The lowest BCUT2D eigenvalue weighted by atomic mass is 10.1. The minimum atomic E-state index is -1.23. The molecule has 0 aromatic rings. The van der Waals surface area contributed by atoms with Crippen molar-refractivity contribution in [3.63, 3.8) is 0 Å². The van der Waals surface area contributed by atoms with E-state index in [1.54, 1.807) is 34.6 Å². The Labute approximate surface area is 451 Å². The van der Waals surface area contributed by atoms with E-state index in [0.29, 0.717) is 38.9 Å². The van der Waals surface area contributed by atoms with E-state index in [9.17, 15) is 47.9 Å². The molecule has 23 nitrogen and oxygen atoms in total. The van der Waals surface area contributed by atoms with Gasteiger partial charge in [-0.1, -0.05) is 57.8 Å². The van der Waals surface area contributed by atoms with E-state index in [1.165, 1.54) is 0 Å². The number of amides is 5. The highest BCUT2D eigenvalue weighted by molar-refractivity contribution is 5.85. The zero-order valence-corrected chi connectivity index (χ0v) is 47.7. The topological polar surface area (TPSA) is 338 Å². The van der Waals surface area contributed by atoms with Crippen molar-refractivity contribution in [3.8, 4) is 0 Å². The van der Waals surface area contributed by atoms with Crippen LogP contribution in [0.4, 0.5) is 14.4 Å². The molecule has 8 N–H and O–H groups in total. The maximum Gasteiger partial charge on any atom is 0.407 e. The summed E-state index contributed by atoms with van der Waals surface area (Å²) in [5.74, 6) is -4.65. The Balaban J connectivity index is -0.00000109. The molecule has 2 unspecified atom stereocenters. The summed E-state index contributed by atoms with van der Waals surface area (Å²) in [6.07, 6.45) is 12.1. The summed E-state index contributed by atoms with van der Waals surface area (Å²) >= 11 is 0. The van der Waals surface area contributed by atoms with Gasteiger partial charge in [0.25, 0.3) is 0 Å². The minimum Gasteiger partial charge on any atom is -0.481 e. The van der Waals surface area contributed by atoms with Gasteiger partial charge in [-0.15, -0.1) is 0 Å². The number of carbonyl (C=O) groups is 10. The zero-order valence-electron chi connectivity index (χ0n) is 47.7. The molecule has 0 spiro atoms. The number of esters is 2. The number of alkyl carbamates (subject to hydrolysis) is 3. The normalized spacial score (nSPS) is 11.8. The van der Waals surface area contributed by atoms with Crippen molar-refractivity contribution in [2.24, 2.45) is 0 Å². The van der Waals surface area contributed by atoms with Gasteiger partial charge in [0, 0.05) is 51.7 Å². The molecule has 0 rings (SSSR count). The summed E-state index contributed by atoms with van der Waals surface area (Å²) in [4.78, 5) is 113. The minimum absolute atomic E-state index is 0.0366. The van der Waals surface area contributed by atoms with E-state index < -0.39 is 70.9 Å². The van der Waals surface area contributed by atoms with Crippen molar-refractivity contribution in [1.29, 1.82) is 0 Å². The predicted molar refractivity (Wildman–Crippen MR) is 284 cm³/mol. The first-order valence-corrected chi connectivity index (χ1v) is 26.9. The van der Waals surface area contributed by atoms with E-state index in [-0.39, 0.29) is 69.6 Å². The summed E-state index contributed by atoms with van der Waals surface area (Å²) in [5, 5.41) is 39.1. The quantitative estimate of drug-likeness (QED) is 0.0166. The van der Waals surface area contributed by atoms with Gasteiger partial charge in [0.1, 0.15) is 28.9 Å². The number of hydrogen-bond donors (Lipinski definition) is 8. The van der Waals surface area contributed by atoms with Gasteiger partial charge >= 0.3 is 48.1 Å². The van der Waals surface area contributed by atoms with Crippen molar-refractivity contribution >= 4 is 59.9 Å². The molecular formula is C53H97N5O18. The third kappa shape index (κ3) is 55.8. The molecule has 0 saturated heterocycles. The van der Waals surface area contributed by atoms with Gasteiger partial charge in [-0.3, -0.25) is 24.0 Å². The van der Waals surface area contributed by atoms with E-state index in [4.69, 9.17) is 39.0 Å². The van der Waals surface area contributed by atoms with Crippen LogP contribution in [0.5, 0.6) is 0 Å². The second-order valence-electron chi connectivity index (χ2n) is 20.8. The van der Waals surface area contributed by atoms with Gasteiger partial charge in [0.15, 0.2) is 0 Å². The number of ether oxygens (including phenoxy) is 5. The Hall–Kier alpha value is -5.90. The second-order valence-corrected chi connectivity index (χ2v) is 20.8. The number of rotatable bonds is 36. The Bertz CT molecular complexity index is 1690. The number of carbonyl (C=O) groups excluding carboxylic acids is 7. The number of carboxylic acids is 3. The molecule has 0 heterocycles. The molecule has 0 aliphatic heterocycles. The molecule has 0 saturated carbocycles. The van der Waals surface area contributed by atoms with E-state index in [2.05, 4.69) is 26.6 Å². The molecule has 442 valence electrons. The maximum atomic E-state index is 12.2. The van der Waals surface area contributed by atoms with Gasteiger partial charge in [-0.2, -0.15) is 0 Å². The van der Waals surface area contributed by atoms with Crippen LogP contribution in [0.3, 0.4) is 0 Å². The molecule has 0 aliphatic carbocycles. The molecule has 0 radical (unpaired) electrons. The van der Waals surface area contributed by atoms with Gasteiger partial charge in [0.05, 0.1) is 13.2 Å². The molecule has 5 amide bonds. The third-order valence-corrected chi connectivity index (χ3v) is 9.86. The van der Waals surface area contributed by atoms with Crippen molar-refractivity contribution in [2.45, 2.75) is 246 Å². The Kier molecular flexibility index (Phi) is 43.3.